The first-order valence-corrected chi connectivity index (χ1v) is 10.7. The summed E-state index contributed by atoms with van der Waals surface area (Å²) in [5.41, 5.74) is 0.803. The van der Waals surface area contributed by atoms with Gasteiger partial charge in [-0.2, -0.15) is 0 Å². The molecule has 0 bridgehead atoms. The second kappa shape index (κ2) is 7.96. The lowest BCUT2D eigenvalue weighted by Gasteiger charge is -2.22. The van der Waals surface area contributed by atoms with E-state index in [1.165, 1.54) is 11.3 Å². The lowest BCUT2D eigenvalue weighted by Crippen LogP contribution is -2.27. The van der Waals surface area contributed by atoms with E-state index in [-0.39, 0.29) is 6.16 Å². The summed E-state index contributed by atoms with van der Waals surface area (Å²) in [7, 11) is -3.36. The van der Waals surface area contributed by atoms with Gasteiger partial charge in [-0.3, -0.25) is 9.36 Å². The molecule has 0 amide bonds. The quantitative estimate of drug-likeness (QED) is 0.449. The van der Waals surface area contributed by atoms with Crippen molar-refractivity contribution >= 4 is 41.5 Å². The van der Waals surface area contributed by atoms with Gasteiger partial charge in [0.05, 0.1) is 17.1 Å². The van der Waals surface area contributed by atoms with Crippen LogP contribution in [0.15, 0.2) is 54.6 Å². The Morgan fingerprint density at radius 1 is 1.15 bits per heavy atom. The lowest BCUT2D eigenvalue weighted by molar-refractivity contribution is -0.108. The summed E-state index contributed by atoms with van der Waals surface area (Å²) < 4.78 is 20.1. The molecule has 1 N–H and O–H groups in total. The minimum atomic E-state index is -3.36. The highest BCUT2D eigenvalue weighted by Crippen LogP contribution is 2.47. The largest absolute Gasteiger partial charge is 0.432 e. The molecule has 2 atom stereocenters. The number of fused-ring (bicyclic) bond motifs is 1. The predicted octanol–water partition coefficient (Wildman–Crippen LogP) is 4.66. The molecule has 0 aliphatic heterocycles. The van der Waals surface area contributed by atoms with Crippen molar-refractivity contribution in [2.24, 2.45) is 0 Å². The minimum absolute atomic E-state index is 0.127. The summed E-state index contributed by atoms with van der Waals surface area (Å²) in [6, 6.07) is 15.7. The summed E-state index contributed by atoms with van der Waals surface area (Å²) in [4.78, 5) is 22.6. The van der Waals surface area contributed by atoms with Crippen LogP contribution in [0.5, 0.6) is 5.75 Å². The number of hydrogen-bond acceptors (Lipinski definition) is 5. The van der Waals surface area contributed by atoms with Crippen LogP contribution in [0.3, 0.4) is 0 Å². The van der Waals surface area contributed by atoms with E-state index < -0.39 is 13.6 Å². The maximum atomic E-state index is 13.4. The van der Waals surface area contributed by atoms with Gasteiger partial charge < -0.3 is 9.32 Å². The van der Waals surface area contributed by atoms with E-state index in [0.29, 0.717) is 16.9 Å². The van der Waals surface area contributed by atoms with Crippen molar-refractivity contribution in [1.29, 1.82) is 0 Å². The standard InChI is InChI=1S/C19H18NO4PS/c1-14(11-21)20-25(23,24-17-5-3-2-4-6-17)13-15-7-8-19-16(9-15)10-18(12-22)26-19/h2-12,14H,13H2,1H3,(H,20,23). The number of carbonyl (C=O) groups excluding carboxylic acids is 2. The molecule has 134 valence electrons. The van der Waals surface area contributed by atoms with E-state index in [1.54, 1.807) is 37.3 Å². The van der Waals surface area contributed by atoms with Crippen LogP contribution >= 0.6 is 18.9 Å². The number of carbonyl (C=O) groups is 2. The Morgan fingerprint density at radius 2 is 1.92 bits per heavy atom. The summed E-state index contributed by atoms with van der Waals surface area (Å²) in [5.74, 6) is 0.473. The SMILES string of the molecule is CC(C=O)NP(=O)(Cc1ccc2sc(C=O)cc2c1)Oc1ccccc1. The molecule has 2 aromatic carbocycles. The molecule has 0 saturated heterocycles. The van der Waals surface area contributed by atoms with E-state index >= 15 is 0 Å². The molecule has 2 unspecified atom stereocenters. The monoisotopic (exact) mass is 387 g/mol. The Labute approximate surface area is 155 Å². The van der Waals surface area contributed by atoms with Gasteiger partial charge in [0.1, 0.15) is 12.0 Å². The number of aldehydes is 2. The molecular weight excluding hydrogens is 369 g/mol. The van der Waals surface area contributed by atoms with E-state index in [0.717, 1.165) is 21.9 Å². The molecule has 0 saturated carbocycles. The first-order chi connectivity index (χ1) is 12.5. The zero-order chi connectivity index (χ0) is 18.6. The molecule has 3 aromatic rings. The molecule has 5 nitrogen and oxygen atoms in total. The zero-order valence-electron chi connectivity index (χ0n) is 14.1. The van der Waals surface area contributed by atoms with Gasteiger partial charge in [0.2, 0.25) is 0 Å². The smallest absolute Gasteiger partial charge is 0.321 e. The van der Waals surface area contributed by atoms with Crippen LogP contribution in [0.4, 0.5) is 0 Å². The lowest BCUT2D eigenvalue weighted by atomic mass is 10.2. The van der Waals surface area contributed by atoms with Crippen LogP contribution in [0.1, 0.15) is 22.2 Å². The van der Waals surface area contributed by atoms with Crippen LogP contribution in [0, 0.1) is 0 Å². The molecule has 1 aromatic heterocycles. The summed E-state index contributed by atoms with van der Waals surface area (Å²) >= 11 is 1.41. The zero-order valence-corrected chi connectivity index (χ0v) is 15.8. The van der Waals surface area contributed by atoms with Crippen LogP contribution in [-0.4, -0.2) is 18.6 Å². The summed E-state index contributed by atoms with van der Waals surface area (Å²) in [6.45, 7) is 1.63. The Hall–Kier alpha value is -2.27. The normalized spacial score (nSPS) is 14.5. The number of nitrogens with one attached hydrogen (secondary N) is 1. The number of thiophene rings is 1. The summed E-state index contributed by atoms with van der Waals surface area (Å²) in [5, 5.41) is 3.74. The highest BCUT2D eigenvalue weighted by molar-refractivity contribution is 7.56. The van der Waals surface area contributed by atoms with Gasteiger partial charge in [-0.25, -0.2) is 5.09 Å². The van der Waals surface area contributed by atoms with E-state index in [2.05, 4.69) is 5.09 Å². The second-order valence-electron chi connectivity index (χ2n) is 5.93. The molecule has 0 aliphatic rings. The number of rotatable bonds is 8. The third-order valence-electron chi connectivity index (χ3n) is 3.71. The maximum Gasteiger partial charge on any atom is 0.321 e. The molecule has 0 fully saturated rings. The summed E-state index contributed by atoms with van der Waals surface area (Å²) in [6.07, 6.45) is 1.64. The van der Waals surface area contributed by atoms with Gasteiger partial charge in [-0.15, -0.1) is 11.3 Å². The van der Waals surface area contributed by atoms with Gasteiger partial charge in [0.25, 0.3) is 0 Å². The van der Waals surface area contributed by atoms with Gasteiger partial charge >= 0.3 is 7.52 Å². The topological polar surface area (TPSA) is 72.5 Å². The Morgan fingerprint density at radius 3 is 2.62 bits per heavy atom. The fourth-order valence-electron chi connectivity index (χ4n) is 2.61. The van der Waals surface area contributed by atoms with Crippen molar-refractivity contribution in [3.63, 3.8) is 0 Å². The average molecular weight is 387 g/mol. The Balaban J connectivity index is 1.90. The second-order valence-corrected chi connectivity index (χ2v) is 9.15. The van der Waals surface area contributed by atoms with Gasteiger partial charge in [-0.1, -0.05) is 24.3 Å². The highest BCUT2D eigenvalue weighted by Gasteiger charge is 2.27. The first-order valence-electron chi connectivity index (χ1n) is 8.06. The fraction of sp³-hybridized carbons (Fsp3) is 0.158. The van der Waals surface area contributed by atoms with Crippen LogP contribution < -0.4 is 9.61 Å². The van der Waals surface area contributed by atoms with Gasteiger partial charge in [-0.05, 0) is 48.2 Å². The highest BCUT2D eigenvalue weighted by atomic mass is 32.1. The predicted molar refractivity (Wildman–Crippen MR) is 104 cm³/mol. The molecule has 7 heteroatoms. The third-order valence-corrected chi connectivity index (χ3v) is 6.84. The Bertz CT molecular complexity index is 970. The van der Waals surface area contributed by atoms with Gasteiger partial charge in [0.15, 0.2) is 6.29 Å². The number of benzene rings is 2. The average Bonchev–Trinajstić information content (AvgIpc) is 3.04. The van der Waals surface area contributed by atoms with Crippen LogP contribution in [0.25, 0.3) is 10.1 Å². The molecule has 3 rings (SSSR count). The van der Waals surface area contributed by atoms with E-state index in [9.17, 15) is 14.2 Å². The minimum Gasteiger partial charge on any atom is -0.432 e. The first kappa shape index (κ1) is 18.5. The van der Waals surface area contributed by atoms with Crippen molar-refractivity contribution in [1.82, 2.24) is 5.09 Å². The molecular formula is C19H18NO4PS. The van der Waals surface area contributed by atoms with E-state index in [1.807, 2.05) is 24.3 Å². The van der Waals surface area contributed by atoms with Crippen molar-refractivity contribution in [3.05, 3.63) is 65.0 Å². The van der Waals surface area contributed by atoms with Crippen molar-refractivity contribution in [2.45, 2.75) is 19.1 Å². The molecule has 1 heterocycles. The van der Waals surface area contributed by atoms with Crippen LogP contribution in [-0.2, 0) is 15.5 Å². The van der Waals surface area contributed by atoms with Crippen molar-refractivity contribution < 1.29 is 18.7 Å². The molecule has 26 heavy (non-hydrogen) atoms. The van der Waals surface area contributed by atoms with Crippen molar-refractivity contribution in [2.75, 3.05) is 0 Å². The van der Waals surface area contributed by atoms with E-state index in [4.69, 9.17) is 4.52 Å². The maximum absolute atomic E-state index is 13.4. The Kier molecular flexibility index (Phi) is 5.67. The molecule has 0 aliphatic carbocycles. The molecule has 0 radical (unpaired) electrons. The number of para-hydroxylation sites is 1. The molecule has 0 spiro atoms. The van der Waals surface area contributed by atoms with Crippen molar-refractivity contribution in [3.8, 4) is 5.75 Å². The van der Waals surface area contributed by atoms with Crippen LogP contribution in [0.2, 0.25) is 0 Å². The number of hydrogen-bond donors (Lipinski definition) is 1. The fourth-order valence-corrected chi connectivity index (χ4v) is 5.50. The van der Waals surface area contributed by atoms with Gasteiger partial charge in [0, 0.05) is 4.70 Å². The third kappa shape index (κ3) is 4.47.